The molecule has 5 nitrogen and oxygen atoms in total. The first-order chi connectivity index (χ1) is 7.77. The molecule has 0 fully saturated rings. The Balaban J connectivity index is 2.52. The molecular formula is C11H15NO4. The van der Waals surface area contributed by atoms with Gasteiger partial charge in [-0.1, -0.05) is 30.3 Å². The van der Waals surface area contributed by atoms with Crippen molar-refractivity contribution in [3.8, 4) is 0 Å². The van der Waals surface area contributed by atoms with Crippen molar-refractivity contribution >= 4 is 6.09 Å². The standard InChI is InChI=1S/C11H15NO4/c13-6-7-16-11(15)12-10(8-14)9-4-2-1-3-5-9/h1-5,10,13-14H,6-8H2,(H,12,15)/t10-/m0/s1. The van der Waals surface area contributed by atoms with Gasteiger partial charge in [-0.3, -0.25) is 0 Å². The van der Waals surface area contributed by atoms with Gasteiger partial charge in [0.05, 0.1) is 19.3 Å². The average Bonchev–Trinajstić information content (AvgIpc) is 2.34. The van der Waals surface area contributed by atoms with Crippen molar-refractivity contribution < 1.29 is 19.7 Å². The number of hydrogen-bond acceptors (Lipinski definition) is 4. The lowest BCUT2D eigenvalue weighted by Gasteiger charge is -2.16. The molecule has 0 bridgehead atoms. The SMILES string of the molecule is O=C(N[C@@H](CO)c1ccccc1)OCCO. The second-order valence-corrected chi connectivity index (χ2v) is 3.15. The summed E-state index contributed by atoms with van der Waals surface area (Å²) in [6.45, 7) is -0.487. The molecule has 0 radical (unpaired) electrons. The zero-order valence-corrected chi connectivity index (χ0v) is 8.80. The molecule has 0 aliphatic rings. The highest BCUT2D eigenvalue weighted by molar-refractivity contribution is 5.67. The van der Waals surface area contributed by atoms with Crippen LogP contribution in [-0.2, 0) is 4.74 Å². The van der Waals surface area contributed by atoms with Crippen LogP contribution in [0.1, 0.15) is 11.6 Å². The van der Waals surface area contributed by atoms with Crippen LogP contribution in [-0.4, -0.2) is 36.1 Å². The molecule has 88 valence electrons. The van der Waals surface area contributed by atoms with Crippen molar-refractivity contribution in [1.29, 1.82) is 0 Å². The van der Waals surface area contributed by atoms with Crippen molar-refractivity contribution in [2.75, 3.05) is 19.8 Å². The number of carbonyl (C=O) groups excluding carboxylic acids is 1. The highest BCUT2D eigenvalue weighted by Crippen LogP contribution is 2.11. The van der Waals surface area contributed by atoms with Gasteiger partial charge < -0.3 is 20.3 Å². The molecule has 1 amide bonds. The topological polar surface area (TPSA) is 78.8 Å². The van der Waals surface area contributed by atoms with E-state index in [1.165, 1.54) is 0 Å². The fourth-order valence-corrected chi connectivity index (χ4v) is 1.24. The van der Waals surface area contributed by atoms with Gasteiger partial charge in [-0.2, -0.15) is 0 Å². The summed E-state index contributed by atoms with van der Waals surface area (Å²) in [5.41, 5.74) is 0.797. The van der Waals surface area contributed by atoms with Gasteiger partial charge in [-0.05, 0) is 5.56 Å². The summed E-state index contributed by atoms with van der Waals surface area (Å²) >= 11 is 0. The van der Waals surface area contributed by atoms with Crippen LogP contribution in [0, 0.1) is 0 Å². The lowest BCUT2D eigenvalue weighted by atomic mass is 10.1. The summed E-state index contributed by atoms with van der Waals surface area (Å²) in [4.78, 5) is 11.2. The number of carbonyl (C=O) groups is 1. The van der Waals surface area contributed by atoms with Crippen molar-refractivity contribution in [3.63, 3.8) is 0 Å². The summed E-state index contributed by atoms with van der Waals surface area (Å²) in [6, 6.07) is 8.59. The van der Waals surface area contributed by atoms with Gasteiger partial charge in [0.1, 0.15) is 6.61 Å². The Labute approximate surface area is 93.7 Å². The number of benzene rings is 1. The Morgan fingerprint density at radius 3 is 2.56 bits per heavy atom. The number of nitrogens with one attached hydrogen (secondary N) is 1. The van der Waals surface area contributed by atoms with Crippen LogP contribution in [0.15, 0.2) is 30.3 Å². The van der Waals surface area contributed by atoms with Gasteiger partial charge in [-0.15, -0.1) is 0 Å². The molecule has 0 unspecified atom stereocenters. The second-order valence-electron chi connectivity index (χ2n) is 3.15. The predicted octanol–water partition coefficient (Wildman–Crippen LogP) is 0.439. The van der Waals surface area contributed by atoms with Gasteiger partial charge >= 0.3 is 6.09 Å². The van der Waals surface area contributed by atoms with Crippen molar-refractivity contribution in [2.45, 2.75) is 6.04 Å². The third-order valence-corrected chi connectivity index (χ3v) is 2.00. The van der Waals surface area contributed by atoms with E-state index in [-0.39, 0.29) is 19.8 Å². The van der Waals surface area contributed by atoms with E-state index >= 15 is 0 Å². The largest absolute Gasteiger partial charge is 0.447 e. The number of ether oxygens (including phenoxy) is 1. The lowest BCUT2D eigenvalue weighted by molar-refractivity contribution is 0.112. The highest BCUT2D eigenvalue weighted by Gasteiger charge is 2.13. The predicted molar refractivity (Wildman–Crippen MR) is 57.8 cm³/mol. The van der Waals surface area contributed by atoms with Crippen molar-refractivity contribution in [3.05, 3.63) is 35.9 Å². The molecule has 1 aromatic rings. The highest BCUT2D eigenvalue weighted by atomic mass is 16.6. The summed E-state index contributed by atoms with van der Waals surface area (Å²) < 4.78 is 4.63. The van der Waals surface area contributed by atoms with Crippen LogP contribution < -0.4 is 5.32 Å². The van der Waals surface area contributed by atoms with E-state index in [0.29, 0.717) is 0 Å². The minimum Gasteiger partial charge on any atom is -0.447 e. The fourth-order valence-electron chi connectivity index (χ4n) is 1.24. The van der Waals surface area contributed by atoms with Crippen LogP contribution in [0.5, 0.6) is 0 Å². The Morgan fingerprint density at radius 1 is 1.31 bits per heavy atom. The molecule has 1 atom stereocenters. The quantitative estimate of drug-likeness (QED) is 0.679. The number of aliphatic hydroxyl groups is 2. The van der Waals surface area contributed by atoms with Gasteiger partial charge in [0, 0.05) is 0 Å². The second kappa shape index (κ2) is 6.81. The van der Waals surface area contributed by atoms with Gasteiger partial charge in [0.15, 0.2) is 0 Å². The van der Waals surface area contributed by atoms with Crippen LogP contribution in [0.2, 0.25) is 0 Å². The number of rotatable bonds is 5. The molecule has 0 spiro atoms. The van der Waals surface area contributed by atoms with Crippen molar-refractivity contribution in [1.82, 2.24) is 5.32 Å². The Hall–Kier alpha value is -1.59. The van der Waals surface area contributed by atoms with E-state index in [2.05, 4.69) is 10.1 Å². The van der Waals surface area contributed by atoms with E-state index in [0.717, 1.165) is 5.56 Å². The third kappa shape index (κ3) is 3.88. The fraction of sp³-hybridized carbons (Fsp3) is 0.364. The minimum atomic E-state index is -0.656. The van der Waals surface area contributed by atoms with E-state index < -0.39 is 12.1 Å². The van der Waals surface area contributed by atoms with Crippen LogP contribution in [0.3, 0.4) is 0 Å². The molecular weight excluding hydrogens is 210 g/mol. The zero-order chi connectivity index (χ0) is 11.8. The third-order valence-electron chi connectivity index (χ3n) is 2.00. The van der Waals surface area contributed by atoms with E-state index in [1.807, 2.05) is 18.2 Å². The number of alkyl carbamates (subject to hydrolysis) is 1. The van der Waals surface area contributed by atoms with E-state index in [1.54, 1.807) is 12.1 Å². The Kier molecular flexibility index (Phi) is 5.31. The number of hydrogen-bond donors (Lipinski definition) is 3. The Bertz CT molecular complexity index is 315. The van der Waals surface area contributed by atoms with Crippen molar-refractivity contribution in [2.24, 2.45) is 0 Å². The minimum absolute atomic E-state index is 0.0568. The maximum atomic E-state index is 11.2. The first-order valence-electron chi connectivity index (χ1n) is 4.98. The molecule has 0 aliphatic carbocycles. The molecule has 1 rings (SSSR count). The number of aliphatic hydroxyl groups excluding tert-OH is 2. The molecule has 0 saturated carbocycles. The molecule has 0 aliphatic heterocycles. The first-order valence-corrected chi connectivity index (χ1v) is 4.98. The van der Waals surface area contributed by atoms with E-state index in [9.17, 15) is 4.79 Å². The van der Waals surface area contributed by atoms with Gasteiger partial charge in [-0.25, -0.2) is 4.79 Å². The van der Waals surface area contributed by atoms with Crippen LogP contribution >= 0.6 is 0 Å². The molecule has 3 N–H and O–H groups in total. The maximum Gasteiger partial charge on any atom is 0.407 e. The lowest BCUT2D eigenvalue weighted by Crippen LogP contribution is -2.31. The summed E-state index contributed by atoms with van der Waals surface area (Å²) in [5, 5.41) is 20.1. The molecule has 0 heterocycles. The molecule has 1 aromatic carbocycles. The monoisotopic (exact) mass is 225 g/mol. The smallest absolute Gasteiger partial charge is 0.407 e. The molecule has 0 aromatic heterocycles. The summed E-state index contributed by atoms with van der Waals surface area (Å²) in [6.07, 6.45) is -0.656. The molecule has 0 saturated heterocycles. The van der Waals surface area contributed by atoms with Crippen LogP contribution in [0.25, 0.3) is 0 Å². The zero-order valence-electron chi connectivity index (χ0n) is 8.80. The van der Waals surface area contributed by atoms with E-state index in [4.69, 9.17) is 10.2 Å². The van der Waals surface area contributed by atoms with Gasteiger partial charge in [0.25, 0.3) is 0 Å². The van der Waals surface area contributed by atoms with Crippen LogP contribution in [0.4, 0.5) is 4.79 Å². The van der Waals surface area contributed by atoms with Gasteiger partial charge in [0.2, 0.25) is 0 Å². The average molecular weight is 225 g/mol. The number of amides is 1. The normalized spacial score (nSPS) is 11.9. The molecule has 5 heteroatoms. The maximum absolute atomic E-state index is 11.2. The Morgan fingerprint density at radius 2 is 2.00 bits per heavy atom. The molecule has 16 heavy (non-hydrogen) atoms. The summed E-state index contributed by atoms with van der Waals surface area (Å²) in [5.74, 6) is 0. The first kappa shape index (κ1) is 12.5. The summed E-state index contributed by atoms with van der Waals surface area (Å²) in [7, 11) is 0.